The number of nitrogens with zero attached hydrogens (tertiary/aromatic N) is 2. The number of H-pyrrole nitrogens is 1. The van der Waals surface area contributed by atoms with Crippen molar-refractivity contribution in [3.63, 3.8) is 0 Å². The van der Waals surface area contributed by atoms with Gasteiger partial charge in [-0.15, -0.1) is 0 Å². The average molecular weight is 516 g/mol. The zero-order valence-electron chi connectivity index (χ0n) is 21.2. The van der Waals surface area contributed by atoms with E-state index in [1.165, 1.54) is 0 Å². The number of aromatic nitrogens is 2. The number of ether oxygens (including phenoxy) is 1. The van der Waals surface area contributed by atoms with Crippen LogP contribution in [0.5, 0.6) is 11.5 Å². The Balaban J connectivity index is 1.65. The number of aryl methyl sites for hydroxylation is 2. The molecule has 190 valence electrons. The van der Waals surface area contributed by atoms with Crippen LogP contribution < -0.4 is 4.74 Å². The Morgan fingerprint density at radius 2 is 1.92 bits per heavy atom. The van der Waals surface area contributed by atoms with Crippen molar-refractivity contribution in [3.05, 3.63) is 99.2 Å². The number of benzene rings is 3. The Morgan fingerprint density at radius 3 is 2.68 bits per heavy atom. The van der Waals surface area contributed by atoms with Gasteiger partial charge in [0.1, 0.15) is 22.9 Å². The monoisotopic (exact) mass is 515 g/mol. The van der Waals surface area contributed by atoms with Gasteiger partial charge in [-0.05, 0) is 66.8 Å². The number of aromatic hydroxyl groups is 1. The molecule has 2 N–H and O–H groups in total. The fourth-order valence-electron chi connectivity index (χ4n) is 5.07. The summed E-state index contributed by atoms with van der Waals surface area (Å²) in [5, 5.41) is 19.0. The predicted molar refractivity (Wildman–Crippen MR) is 145 cm³/mol. The molecule has 0 radical (unpaired) electrons. The number of rotatable bonds is 8. The first kappa shape index (κ1) is 24.9. The third-order valence-electron chi connectivity index (χ3n) is 6.80. The number of fused-ring (bicyclic) bond motifs is 1. The van der Waals surface area contributed by atoms with Gasteiger partial charge in [-0.25, -0.2) is 0 Å². The highest BCUT2D eigenvalue weighted by Crippen LogP contribution is 2.46. The second kappa shape index (κ2) is 10.3. The Labute approximate surface area is 221 Å². The largest absolute Gasteiger partial charge is 0.507 e. The molecule has 37 heavy (non-hydrogen) atoms. The van der Waals surface area contributed by atoms with Crippen LogP contribution in [0.2, 0.25) is 5.02 Å². The Morgan fingerprint density at radius 1 is 1.11 bits per heavy atom. The lowest BCUT2D eigenvalue weighted by Gasteiger charge is -2.27. The van der Waals surface area contributed by atoms with Crippen LogP contribution in [0.1, 0.15) is 64.1 Å². The first-order valence-corrected chi connectivity index (χ1v) is 12.9. The Kier molecular flexibility index (Phi) is 6.94. The molecule has 0 bridgehead atoms. The van der Waals surface area contributed by atoms with Crippen LogP contribution in [0.3, 0.4) is 0 Å². The van der Waals surface area contributed by atoms with Gasteiger partial charge >= 0.3 is 0 Å². The number of nitrogens with one attached hydrogen (secondary N) is 1. The van der Waals surface area contributed by atoms with Gasteiger partial charge in [-0.3, -0.25) is 9.89 Å². The number of phenolic OH excluding ortho intramolecular Hbond substituents is 1. The zero-order chi connectivity index (χ0) is 26.1. The van der Waals surface area contributed by atoms with Crippen molar-refractivity contribution < 1.29 is 14.6 Å². The summed E-state index contributed by atoms with van der Waals surface area (Å²) in [4.78, 5) is 15.6. The van der Waals surface area contributed by atoms with Gasteiger partial charge in [0, 0.05) is 22.7 Å². The van der Waals surface area contributed by atoms with Crippen molar-refractivity contribution in [1.29, 1.82) is 0 Å². The summed E-state index contributed by atoms with van der Waals surface area (Å²) >= 11 is 6.50. The highest BCUT2D eigenvalue weighted by atomic mass is 35.5. The smallest absolute Gasteiger partial charge is 0.273 e. The molecule has 2 heterocycles. The van der Waals surface area contributed by atoms with Crippen molar-refractivity contribution >= 4 is 17.5 Å². The molecular weight excluding hydrogens is 486 g/mol. The van der Waals surface area contributed by atoms with Crippen LogP contribution in [-0.2, 0) is 6.54 Å². The number of aromatic amines is 1. The summed E-state index contributed by atoms with van der Waals surface area (Å²) in [5.74, 6) is 0.725. The molecule has 5 rings (SSSR count). The van der Waals surface area contributed by atoms with Gasteiger partial charge in [-0.1, -0.05) is 61.3 Å². The number of carbonyl (C=O) groups is 1. The van der Waals surface area contributed by atoms with Crippen LogP contribution in [-0.4, -0.2) is 32.7 Å². The number of carbonyl (C=O) groups excluding carboxylic acids is 1. The van der Waals surface area contributed by atoms with E-state index in [1.54, 1.807) is 11.0 Å². The second-order valence-electron chi connectivity index (χ2n) is 9.54. The molecular formula is C30H30ClN3O3. The molecule has 4 aromatic rings. The number of amides is 1. The van der Waals surface area contributed by atoms with Gasteiger partial charge in [0.25, 0.3) is 5.91 Å². The molecule has 1 aliphatic heterocycles. The summed E-state index contributed by atoms with van der Waals surface area (Å²) in [7, 11) is 0. The van der Waals surface area contributed by atoms with E-state index < -0.39 is 6.04 Å². The van der Waals surface area contributed by atoms with Gasteiger partial charge in [0.05, 0.1) is 12.6 Å². The van der Waals surface area contributed by atoms with Crippen molar-refractivity contribution in [2.75, 3.05) is 6.61 Å². The minimum atomic E-state index is -0.442. The molecule has 1 aliphatic rings. The standard InChI is InChI=1S/C30H30ClN3O3/c1-4-5-13-37-22-11-8-10-20(16-22)29-26-27(25-19(3)14-18(2)15-24(25)35)32-33-28(26)30(36)34(29)17-21-9-6-7-12-23(21)31/h6-12,14-16,29,35H,4-5,13,17H2,1-3H3,(H,32,33). The predicted octanol–water partition coefficient (Wildman–Crippen LogP) is 6.98. The van der Waals surface area contributed by atoms with Gasteiger partial charge < -0.3 is 14.7 Å². The molecule has 1 aromatic heterocycles. The molecule has 0 saturated heterocycles. The topological polar surface area (TPSA) is 78.5 Å². The number of hydrogen-bond donors (Lipinski definition) is 2. The van der Waals surface area contributed by atoms with E-state index in [4.69, 9.17) is 16.3 Å². The minimum Gasteiger partial charge on any atom is -0.507 e. The first-order chi connectivity index (χ1) is 17.9. The molecule has 6 nitrogen and oxygen atoms in total. The van der Waals surface area contributed by atoms with Crippen LogP contribution >= 0.6 is 11.6 Å². The molecule has 0 fully saturated rings. The van der Waals surface area contributed by atoms with Gasteiger partial charge in [0.2, 0.25) is 0 Å². The van der Waals surface area contributed by atoms with Crippen LogP contribution in [0.15, 0.2) is 60.7 Å². The minimum absolute atomic E-state index is 0.138. The van der Waals surface area contributed by atoms with Crippen molar-refractivity contribution in [2.45, 2.75) is 46.2 Å². The van der Waals surface area contributed by atoms with E-state index in [2.05, 4.69) is 17.1 Å². The Hall–Kier alpha value is -3.77. The Bertz CT molecular complexity index is 1440. The number of phenols is 1. The van der Waals surface area contributed by atoms with Crippen molar-refractivity contribution in [3.8, 4) is 22.8 Å². The van der Waals surface area contributed by atoms with Gasteiger partial charge in [-0.2, -0.15) is 5.10 Å². The highest BCUT2D eigenvalue weighted by Gasteiger charge is 2.43. The molecule has 1 amide bonds. The van der Waals surface area contributed by atoms with E-state index in [9.17, 15) is 9.90 Å². The van der Waals surface area contributed by atoms with Crippen LogP contribution in [0.25, 0.3) is 11.3 Å². The molecule has 0 saturated carbocycles. The van der Waals surface area contributed by atoms with E-state index in [1.807, 2.05) is 68.4 Å². The summed E-state index contributed by atoms with van der Waals surface area (Å²) in [6.07, 6.45) is 2.01. The second-order valence-corrected chi connectivity index (χ2v) is 9.95. The first-order valence-electron chi connectivity index (χ1n) is 12.5. The number of hydrogen-bond acceptors (Lipinski definition) is 4. The van der Waals surface area contributed by atoms with Crippen molar-refractivity contribution in [1.82, 2.24) is 15.1 Å². The average Bonchev–Trinajstić information content (AvgIpc) is 3.39. The molecule has 1 atom stereocenters. The van der Waals surface area contributed by atoms with Crippen LogP contribution in [0.4, 0.5) is 0 Å². The van der Waals surface area contributed by atoms with E-state index in [0.29, 0.717) is 35.1 Å². The maximum absolute atomic E-state index is 13.8. The zero-order valence-corrected chi connectivity index (χ0v) is 22.0. The van der Waals surface area contributed by atoms with Crippen LogP contribution in [0, 0.1) is 13.8 Å². The third-order valence-corrected chi connectivity index (χ3v) is 7.17. The summed E-state index contributed by atoms with van der Waals surface area (Å²) in [5.41, 5.74) is 5.95. The fraction of sp³-hybridized carbons (Fsp3) is 0.267. The molecule has 1 unspecified atom stereocenters. The number of unbranched alkanes of at least 4 members (excludes halogenated alkanes) is 1. The SMILES string of the molecule is CCCCOc1cccc(C2c3c(-c4c(C)cc(C)cc4O)n[nH]c3C(=O)N2Cc2ccccc2Cl)c1. The maximum atomic E-state index is 13.8. The lowest BCUT2D eigenvalue weighted by Crippen LogP contribution is -2.29. The molecule has 0 aliphatic carbocycles. The third kappa shape index (κ3) is 4.69. The summed E-state index contributed by atoms with van der Waals surface area (Å²) < 4.78 is 5.99. The molecule has 3 aromatic carbocycles. The normalized spacial score (nSPS) is 14.8. The van der Waals surface area contributed by atoms with Crippen molar-refractivity contribution in [2.24, 2.45) is 0 Å². The van der Waals surface area contributed by atoms with Gasteiger partial charge in [0.15, 0.2) is 0 Å². The number of halogens is 1. The molecule has 7 heteroatoms. The summed E-state index contributed by atoms with van der Waals surface area (Å²) in [6.45, 7) is 6.96. The maximum Gasteiger partial charge on any atom is 0.273 e. The summed E-state index contributed by atoms with van der Waals surface area (Å²) in [6, 6.07) is 18.7. The highest BCUT2D eigenvalue weighted by molar-refractivity contribution is 6.31. The van der Waals surface area contributed by atoms with E-state index >= 15 is 0 Å². The lowest BCUT2D eigenvalue weighted by molar-refractivity contribution is 0.0730. The molecule has 0 spiro atoms. The van der Waals surface area contributed by atoms with E-state index in [-0.39, 0.29) is 11.7 Å². The van der Waals surface area contributed by atoms with E-state index in [0.717, 1.165) is 46.4 Å². The fourth-order valence-corrected chi connectivity index (χ4v) is 5.26. The lowest BCUT2D eigenvalue weighted by atomic mass is 9.93. The quantitative estimate of drug-likeness (QED) is 0.248.